The number of hydrogen-bond donors (Lipinski definition) is 1. The fraction of sp³-hybridized carbons (Fsp3) is 0.400. The molecule has 0 radical (unpaired) electrons. The maximum absolute atomic E-state index is 12.5. The molecule has 0 bridgehead atoms. The molecule has 0 saturated carbocycles. The standard InChI is InChI=1S/C20H24ClN3O/c1-15-8-10-22-19(13-15)24-12-2-3-17(14-24)20(25)23-11-9-16-4-6-18(21)7-5-16/h4-8,10,13,17H,2-3,9,11-12,14H2,1H3,(H,23,25)/t17-/m1/s1. The number of carbonyl (C=O) groups is 1. The van der Waals surface area contributed by atoms with E-state index in [2.05, 4.69) is 28.2 Å². The molecule has 25 heavy (non-hydrogen) atoms. The van der Waals surface area contributed by atoms with Gasteiger partial charge in [0.25, 0.3) is 0 Å². The van der Waals surface area contributed by atoms with Crippen LogP contribution in [0.1, 0.15) is 24.0 Å². The number of benzene rings is 1. The van der Waals surface area contributed by atoms with Crippen molar-refractivity contribution in [3.63, 3.8) is 0 Å². The van der Waals surface area contributed by atoms with E-state index in [0.29, 0.717) is 6.54 Å². The van der Waals surface area contributed by atoms with Gasteiger partial charge in [-0.3, -0.25) is 4.79 Å². The van der Waals surface area contributed by atoms with Crippen LogP contribution in [0.3, 0.4) is 0 Å². The molecule has 1 fully saturated rings. The Hall–Kier alpha value is -2.07. The molecule has 0 aliphatic carbocycles. The van der Waals surface area contributed by atoms with Gasteiger partial charge < -0.3 is 10.2 Å². The van der Waals surface area contributed by atoms with Crippen LogP contribution in [-0.2, 0) is 11.2 Å². The average molecular weight is 358 g/mol. The Morgan fingerprint density at radius 3 is 2.88 bits per heavy atom. The molecule has 5 heteroatoms. The lowest BCUT2D eigenvalue weighted by atomic mass is 9.97. The van der Waals surface area contributed by atoms with Crippen LogP contribution in [0.15, 0.2) is 42.6 Å². The molecule has 132 valence electrons. The minimum atomic E-state index is 0.0290. The third-order valence-corrected chi connectivity index (χ3v) is 4.90. The quantitative estimate of drug-likeness (QED) is 0.888. The van der Waals surface area contributed by atoms with Gasteiger partial charge in [0.2, 0.25) is 5.91 Å². The Balaban J connectivity index is 1.50. The Labute approximate surface area is 154 Å². The second-order valence-electron chi connectivity index (χ2n) is 6.64. The number of nitrogens with zero attached hydrogens (tertiary/aromatic N) is 2. The predicted molar refractivity (Wildman–Crippen MR) is 102 cm³/mol. The van der Waals surface area contributed by atoms with Crippen molar-refractivity contribution in [2.24, 2.45) is 5.92 Å². The first kappa shape index (κ1) is 17.7. The molecule has 1 N–H and O–H groups in total. The van der Waals surface area contributed by atoms with Crippen molar-refractivity contribution in [3.05, 3.63) is 58.7 Å². The van der Waals surface area contributed by atoms with E-state index >= 15 is 0 Å². The van der Waals surface area contributed by atoms with Gasteiger partial charge in [-0.15, -0.1) is 0 Å². The summed E-state index contributed by atoms with van der Waals surface area (Å²) >= 11 is 5.89. The van der Waals surface area contributed by atoms with Crippen LogP contribution in [0, 0.1) is 12.8 Å². The zero-order valence-corrected chi connectivity index (χ0v) is 15.3. The van der Waals surface area contributed by atoms with Crippen molar-refractivity contribution >= 4 is 23.3 Å². The smallest absolute Gasteiger partial charge is 0.224 e. The number of nitrogens with one attached hydrogen (secondary N) is 1. The Kier molecular flexibility index (Phi) is 5.92. The number of aryl methyl sites for hydroxylation is 1. The van der Waals surface area contributed by atoms with E-state index in [9.17, 15) is 4.79 Å². The van der Waals surface area contributed by atoms with E-state index in [0.717, 1.165) is 43.2 Å². The van der Waals surface area contributed by atoms with Crippen LogP contribution < -0.4 is 10.2 Å². The summed E-state index contributed by atoms with van der Waals surface area (Å²) in [4.78, 5) is 19.2. The number of hydrogen-bond acceptors (Lipinski definition) is 3. The van der Waals surface area contributed by atoms with Crippen LogP contribution in [-0.4, -0.2) is 30.5 Å². The lowest BCUT2D eigenvalue weighted by molar-refractivity contribution is -0.125. The molecule has 4 nitrogen and oxygen atoms in total. The second kappa shape index (κ2) is 8.34. The summed E-state index contributed by atoms with van der Waals surface area (Å²) in [6.45, 7) is 4.42. The van der Waals surface area contributed by atoms with Gasteiger partial charge in [0, 0.05) is 30.9 Å². The maximum Gasteiger partial charge on any atom is 0.224 e. The van der Waals surface area contributed by atoms with Crippen molar-refractivity contribution in [1.29, 1.82) is 0 Å². The van der Waals surface area contributed by atoms with E-state index in [1.54, 1.807) is 0 Å². The average Bonchev–Trinajstić information content (AvgIpc) is 2.63. The molecule has 1 aromatic heterocycles. The lowest BCUT2D eigenvalue weighted by Crippen LogP contribution is -2.43. The highest BCUT2D eigenvalue weighted by molar-refractivity contribution is 6.30. The fourth-order valence-electron chi connectivity index (χ4n) is 3.22. The van der Waals surface area contributed by atoms with Gasteiger partial charge in [0.15, 0.2) is 0 Å². The van der Waals surface area contributed by atoms with Crippen molar-refractivity contribution in [3.8, 4) is 0 Å². The highest BCUT2D eigenvalue weighted by Gasteiger charge is 2.26. The molecular weight excluding hydrogens is 334 g/mol. The fourth-order valence-corrected chi connectivity index (χ4v) is 3.34. The van der Waals surface area contributed by atoms with Crippen molar-refractivity contribution in [2.75, 3.05) is 24.5 Å². The molecule has 1 atom stereocenters. The Morgan fingerprint density at radius 1 is 1.32 bits per heavy atom. The van der Waals surface area contributed by atoms with E-state index < -0.39 is 0 Å². The van der Waals surface area contributed by atoms with Crippen molar-refractivity contribution in [1.82, 2.24) is 10.3 Å². The maximum atomic E-state index is 12.5. The molecule has 2 heterocycles. The number of amides is 1. The largest absolute Gasteiger partial charge is 0.356 e. The number of halogens is 1. The molecule has 1 aliphatic heterocycles. The highest BCUT2D eigenvalue weighted by Crippen LogP contribution is 2.22. The molecule has 1 aromatic carbocycles. The number of piperidine rings is 1. The summed E-state index contributed by atoms with van der Waals surface area (Å²) in [5.41, 5.74) is 2.37. The number of pyridine rings is 1. The summed E-state index contributed by atoms with van der Waals surface area (Å²) in [6.07, 6.45) is 4.61. The van der Waals surface area contributed by atoms with Crippen LogP contribution >= 0.6 is 11.6 Å². The van der Waals surface area contributed by atoms with Crippen molar-refractivity contribution < 1.29 is 4.79 Å². The first-order valence-corrected chi connectivity index (χ1v) is 9.19. The number of carbonyl (C=O) groups excluding carboxylic acids is 1. The summed E-state index contributed by atoms with van der Waals surface area (Å²) in [6, 6.07) is 11.8. The Morgan fingerprint density at radius 2 is 2.12 bits per heavy atom. The summed E-state index contributed by atoms with van der Waals surface area (Å²) < 4.78 is 0. The SMILES string of the molecule is Cc1ccnc(N2CCC[C@@H](C(=O)NCCc3ccc(Cl)cc3)C2)c1. The monoisotopic (exact) mass is 357 g/mol. The molecule has 1 saturated heterocycles. The summed E-state index contributed by atoms with van der Waals surface area (Å²) in [5, 5.41) is 3.82. The van der Waals surface area contributed by atoms with Crippen LogP contribution in [0.25, 0.3) is 0 Å². The molecule has 3 rings (SSSR count). The molecule has 1 amide bonds. The van der Waals surface area contributed by atoms with E-state index in [1.165, 1.54) is 11.1 Å². The van der Waals surface area contributed by atoms with Crippen LogP contribution in [0.5, 0.6) is 0 Å². The summed E-state index contributed by atoms with van der Waals surface area (Å²) in [7, 11) is 0. The topological polar surface area (TPSA) is 45.2 Å². The normalized spacial score (nSPS) is 17.4. The predicted octanol–water partition coefficient (Wildman–Crippen LogP) is 3.62. The lowest BCUT2D eigenvalue weighted by Gasteiger charge is -2.33. The third kappa shape index (κ3) is 4.95. The van der Waals surface area contributed by atoms with Gasteiger partial charge in [-0.1, -0.05) is 23.7 Å². The molecule has 0 spiro atoms. The third-order valence-electron chi connectivity index (χ3n) is 4.64. The molecule has 1 aliphatic rings. The first-order valence-electron chi connectivity index (χ1n) is 8.81. The van der Waals surface area contributed by atoms with E-state index in [4.69, 9.17) is 11.6 Å². The second-order valence-corrected chi connectivity index (χ2v) is 7.08. The van der Waals surface area contributed by atoms with Gasteiger partial charge in [-0.05, 0) is 61.6 Å². The zero-order valence-electron chi connectivity index (χ0n) is 14.5. The summed E-state index contributed by atoms with van der Waals surface area (Å²) in [5.74, 6) is 1.14. The number of rotatable bonds is 5. The van der Waals surface area contributed by atoms with Gasteiger partial charge in [0.05, 0.1) is 5.92 Å². The highest BCUT2D eigenvalue weighted by atomic mass is 35.5. The minimum absolute atomic E-state index is 0.0290. The first-order chi connectivity index (χ1) is 12.1. The molecule has 2 aromatic rings. The molecular formula is C20H24ClN3O. The van der Waals surface area contributed by atoms with Gasteiger partial charge >= 0.3 is 0 Å². The van der Waals surface area contributed by atoms with Crippen LogP contribution in [0.2, 0.25) is 5.02 Å². The Bertz CT molecular complexity index is 717. The van der Waals surface area contributed by atoms with Gasteiger partial charge in [-0.25, -0.2) is 4.98 Å². The van der Waals surface area contributed by atoms with Crippen LogP contribution in [0.4, 0.5) is 5.82 Å². The zero-order chi connectivity index (χ0) is 17.6. The van der Waals surface area contributed by atoms with Gasteiger partial charge in [0.1, 0.15) is 5.82 Å². The van der Waals surface area contributed by atoms with E-state index in [-0.39, 0.29) is 11.8 Å². The number of anilines is 1. The van der Waals surface area contributed by atoms with Gasteiger partial charge in [-0.2, -0.15) is 0 Å². The minimum Gasteiger partial charge on any atom is -0.356 e. The van der Waals surface area contributed by atoms with E-state index in [1.807, 2.05) is 36.5 Å². The number of aromatic nitrogens is 1. The molecule has 0 unspecified atom stereocenters. The van der Waals surface area contributed by atoms with Crippen molar-refractivity contribution in [2.45, 2.75) is 26.2 Å².